The smallest absolute Gasteiger partial charge is 0.359 e. The molecule has 0 aliphatic heterocycles. The lowest BCUT2D eigenvalue weighted by Gasteiger charge is -2.15. The lowest BCUT2D eigenvalue weighted by Crippen LogP contribution is -2.22. The van der Waals surface area contributed by atoms with E-state index in [9.17, 15) is 18.0 Å². The van der Waals surface area contributed by atoms with Crippen molar-refractivity contribution in [3.8, 4) is 0 Å². The molecular formula is C15H18BrF3N2O2Si. The van der Waals surface area contributed by atoms with Gasteiger partial charge in [-0.25, -0.2) is 4.68 Å². The number of hydrogen-bond donors (Lipinski definition) is 0. The van der Waals surface area contributed by atoms with Crippen LogP contribution in [0.3, 0.4) is 0 Å². The molecule has 0 saturated heterocycles. The zero-order chi connectivity index (χ0) is 18.1. The first-order valence-electron chi connectivity index (χ1n) is 7.33. The summed E-state index contributed by atoms with van der Waals surface area (Å²) in [7, 11) is -1.22. The van der Waals surface area contributed by atoms with Crippen LogP contribution in [0.5, 0.6) is 0 Å². The molecular weight excluding hydrogens is 405 g/mol. The minimum Gasteiger partial charge on any atom is -0.359 e. The molecule has 0 atom stereocenters. The van der Waals surface area contributed by atoms with Gasteiger partial charge >= 0.3 is 6.18 Å². The molecule has 0 unspecified atom stereocenters. The van der Waals surface area contributed by atoms with Crippen LogP contribution >= 0.6 is 15.9 Å². The normalized spacial score (nSPS) is 12.8. The lowest BCUT2D eigenvalue weighted by molar-refractivity contribution is -0.137. The average Bonchev–Trinajstić information content (AvgIpc) is 2.78. The third-order valence-corrected chi connectivity index (χ3v) is 6.01. The molecule has 24 heavy (non-hydrogen) atoms. The number of nitrogens with zero attached hydrogens (tertiary/aromatic N) is 2. The fourth-order valence-electron chi connectivity index (χ4n) is 2.10. The molecule has 0 radical (unpaired) electrons. The SMILES string of the molecule is C[Si](C)(C)CCOCn1nc2c(C=O)cc(C(F)(F)F)cc2c1Br. The molecule has 0 aliphatic carbocycles. The predicted molar refractivity (Wildman–Crippen MR) is 91.9 cm³/mol. The highest BCUT2D eigenvalue weighted by Gasteiger charge is 2.32. The van der Waals surface area contributed by atoms with Crippen molar-refractivity contribution in [2.24, 2.45) is 0 Å². The van der Waals surface area contributed by atoms with Crippen molar-refractivity contribution >= 4 is 41.2 Å². The monoisotopic (exact) mass is 422 g/mol. The summed E-state index contributed by atoms with van der Waals surface area (Å²) >= 11 is 3.25. The van der Waals surface area contributed by atoms with Crippen LogP contribution in [0.4, 0.5) is 13.2 Å². The van der Waals surface area contributed by atoms with Crippen LogP contribution in [0, 0.1) is 0 Å². The van der Waals surface area contributed by atoms with Crippen molar-refractivity contribution in [3.05, 3.63) is 27.9 Å². The summed E-state index contributed by atoms with van der Waals surface area (Å²) in [5.41, 5.74) is -0.753. The summed E-state index contributed by atoms with van der Waals surface area (Å²) in [4.78, 5) is 11.1. The topological polar surface area (TPSA) is 44.1 Å². The molecule has 9 heteroatoms. The van der Waals surface area contributed by atoms with E-state index in [1.165, 1.54) is 4.68 Å². The van der Waals surface area contributed by atoms with Crippen LogP contribution in [-0.4, -0.2) is 30.7 Å². The van der Waals surface area contributed by atoms with Crippen LogP contribution in [0.15, 0.2) is 16.7 Å². The Hall–Kier alpha value is -1.19. The van der Waals surface area contributed by atoms with Gasteiger partial charge in [0.2, 0.25) is 0 Å². The van der Waals surface area contributed by atoms with Crippen molar-refractivity contribution < 1.29 is 22.7 Å². The molecule has 0 aliphatic rings. The maximum atomic E-state index is 13.0. The van der Waals surface area contributed by atoms with E-state index in [4.69, 9.17) is 4.74 Å². The van der Waals surface area contributed by atoms with Gasteiger partial charge in [-0.2, -0.15) is 18.3 Å². The van der Waals surface area contributed by atoms with E-state index < -0.39 is 19.8 Å². The fraction of sp³-hybridized carbons (Fsp3) is 0.467. The van der Waals surface area contributed by atoms with Gasteiger partial charge in [-0.05, 0) is 34.1 Å². The zero-order valence-corrected chi connectivity index (χ0v) is 16.2. The summed E-state index contributed by atoms with van der Waals surface area (Å²) in [5, 5.41) is 4.43. The van der Waals surface area contributed by atoms with Crippen LogP contribution in [0.25, 0.3) is 10.9 Å². The van der Waals surface area contributed by atoms with Crippen LogP contribution < -0.4 is 0 Å². The van der Waals surface area contributed by atoms with Crippen LogP contribution in [0.2, 0.25) is 25.7 Å². The minimum absolute atomic E-state index is 0.0960. The Balaban J connectivity index is 2.30. The number of carbonyl (C=O) groups excluding carboxylic acids is 1. The standard InChI is InChI=1S/C15H18BrF3N2O2Si/c1-24(2,3)5-4-23-9-21-14(16)12-7-11(15(17,18)19)6-10(8-22)13(12)20-21/h6-8H,4-5,9H2,1-3H3. The predicted octanol–water partition coefficient (Wildman–Crippen LogP) is 4.94. The minimum atomic E-state index is -4.53. The van der Waals surface area contributed by atoms with Gasteiger partial charge in [0.1, 0.15) is 16.9 Å². The molecule has 0 fully saturated rings. The van der Waals surface area contributed by atoms with Gasteiger partial charge in [0.25, 0.3) is 0 Å². The van der Waals surface area contributed by atoms with Crippen LogP contribution in [0.1, 0.15) is 15.9 Å². The number of alkyl halides is 3. The van der Waals surface area contributed by atoms with Crippen molar-refractivity contribution in [2.75, 3.05) is 6.61 Å². The second-order valence-electron chi connectivity index (χ2n) is 6.72. The highest BCUT2D eigenvalue weighted by Crippen LogP contribution is 2.35. The van der Waals surface area contributed by atoms with E-state index in [0.29, 0.717) is 17.5 Å². The summed E-state index contributed by atoms with van der Waals surface area (Å²) in [6.45, 7) is 7.35. The Bertz CT molecular complexity index is 754. The van der Waals surface area contributed by atoms with E-state index >= 15 is 0 Å². The summed E-state index contributed by atoms with van der Waals surface area (Å²) in [6, 6.07) is 2.77. The van der Waals surface area contributed by atoms with Crippen molar-refractivity contribution in [3.63, 3.8) is 0 Å². The van der Waals surface area contributed by atoms with Gasteiger partial charge in [-0.1, -0.05) is 19.6 Å². The lowest BCUT2D eigenvalue weighted by atomic mass is 10.1. The number of halogens is 4. The Labute approximate surface area is 147 Å². The van der Waals surface area contributed by atoms with E-state index in [0.717, 1.165) is 18.2 Å². The number of carbonyl (C=O) groups is 1. The largest absolute Gasteiger partial charge is 0.416 e. The first kappa shape index (κ1) is 19.1. The number of rotatable bonds is 6. The average molecular weight is 423 g/mol. The Morgan fingerprint density at radius 2 is 2.00 bits per heavy atom. The van der Waals surface area contributed by atoms with E-state index in [2.05, 4.69) is 40.7 Å². The first-order valence-corrected chi connectivity index (χ1v) is 11.8. The summed E-state index contributed by atoms with van der Waals surface area (Å²) in [5.74, 6) is 0. The second kappa shape index (κ2) is 6.97. The van der Waals surface area contributed by atoms with Crippen molar-refractivity contribution in [2.45, 2.75) is 38.6 Å². The van der Waals surface area contributed by atoms with E-state index in [1.807, 2.05) is 0 Å². The summed E-state index contributed by atoms with van der Waals surface area (Å²) in [6.07, 6.45) is -4.14. The molecule has 1 heterocycles. The number of ether oxygens (including phenoxy) is 1. The third-order valence-electron chi connectivity index (χ3n) is 3.47. The molecule has 0 saturated carbocycles. The van der Waals surface area contributed by atoms with E-state index in [-0.39, 0.29) is 23.2 Å². The molecule has 132 valence electrons. The second-order valence-corrected chi connectivity index (χ2v) is 13.1. The molecule has 1 aromatic carbocycles. The van der Waals surface area contributed by atoms with Crippen molar-refractivity contribution in [1.82, 2.24) is 9.78 Å². The maximum absolute atomic E-state index is 13.0. The summed E-state index contributed by atoms with van der Waals surface area (Å²) < 4.78 is 46.2. The quantitative estimate of drug-likeness (QED) is 0.376. The molecule has 2 rings (SSSR count). The number of aldehydes is 1. The number of aromatic nitrogens is 2. The molecule has 0 N–H and O–H groups in total. The number of hydrogen-bond acceptors (Lipinski definition) is 3. The van der Waals surface area contributed by atoms with Crippen LogP contribution in [-0.2, 0) is 17.6 Å². The Morgan fingerprint density at radius 1 is 1.33 bits per heavy atom. The fourth-order valence-corrected chi connectivity index (χ4v) is 3.34. The Morgan fingerprint density at radius 3 is 2.54 bits per heavy atom. The highest BCUT2D eigenvalue weighted by molar-refractivity contribution is 9.10. The van der Waals surface area contributed by atoms with Crippen molar-refractivity contribution in [1.29, 1.82) is 0 Å². The zero-order valence-electron chi connectivity index (χ0n) is 13.6. The molecule has 0 bridgehead atoms. The van der Waals surface area contributed by atoms with Gasteiger partial charge in [-0.3, -0.25) is 4.79 Å². The van der Waals surface area contributed by atoms with E-state index in [1.54, 1.807) is 0 Å². The molecule has 4 nitrogen and oxygen atoms in total. The van der Waals surface area contributed by atoms with Gasteiger partial charge < -0.3 is 4.74 Å². The molecule has 0 amide bonds. The molecule has 1 aromatic heterocycles. The maximum Gasteiger partial charge on any atom is 0.416 e. The van der Waals surface area contributed by atoms with Gasteiger partial charge in [-0.15, -0.1) is 0 Å². The highest BCUT2D eigenvalue weighted by atomic mass is 79.9. The molecule has 2 aromatic rings. The van der Waals surface area contributed by atoms with Gasteiger partial charge in [0.15, 0.2) is 6.29 Å². The Kier molecular flexibility index (Phi) is 5.56. The number of benzene rings is 1. The van der Waals surface area contributed by atoms with Gasteiger partial charge in [0, 0.05) is 25.6 Å². The first-order chi connectivity index (χ1) is 11.0. The molecule has 0 spiro atoms. The van der Waals surface area contributed by atoms with Gasteiger partial charge in [0.05, 0.1) is 5.56 Å². The number of fused-ring (bicyclic) bond motifs is 1. The third kappa shape index (κ3) is 4.45.